The van der Waals surface area contributed by atoms with Crippen LogP contribution < -0.4 is 10.0 Å². The molecule has 0 aliphatic heterocycles. The summed E-state index contributed by atoms with van der Waals surface area (Å²) in [4.78, 5) is 23.9. The van der Waals surface area contributed by atoms with Crippen molar-refractivity contribution in [1.82, 2.24) is 4.72 Å². The van der Waals surface area contributed by atoms with E-state index >= 15 is 0 Å². The molecule has 0 fully saturated rings. The van der Waals surface area contributed by atoms with Gasteiger partial charge in [0.15, 0.2) is 6.61 Å². The summed E-state index contributed by atoms with van der Waals surface area (Å²) < 4.78 is 32.2. The van der Waals surface area contributed by atoms with E-state index in [4.69, 9.17) is 16.3 Å². The normalized spacial score (nSPS) is 11.3. The summed E-state index contributed by atoms with van der Waals surface area (Å²) in [7, 11) is -3.78. The van der Waals surface area contributed by atoms with Gasteiger partial charge < -0.3 is 10.1 Å². The molecule has 2 N–H and O–H groups in total. The molecule has 0 aromatic heterocycles. The van der Waals surface area contributed by atoms with Crippen molar-refractivity contribution in [2.75, 3.05) is 18.5 Å². The van der Waals surface area contributed by atoms with E-state index in [-0.39, 0.29) is 17.9 Å². The molecule has 0 saturated heterocycles. The van der Waals surface area contributed by atoms with Crippen LogP contribution in [0.15, 0.2) is 65.6 Å². The minimum atomic E-state index is -3.78. The zero-order valence-electron chi connectivity index (χ0n) is 16.7. The third-order valence-electron chi connectivity index (χ3n) is 4.56. The van der Waals surface area contributed by atoms with Crippen LogP contribution >= 0.6 is 11.6 Å². The number of fused-ring (bicyclic) bond motifs is 1. The topological polar surface area (TPSA) is 102 Å². The Morgan fingerprint density at radius 2 is 1.74 bits per heavy atom. The molecule has 31 heavy (non-hydrogen) atoms. The van der Waals surface area contributed by atoms with Gasteiger partial charge in [-0.25, -0.2) is 13.1 Å². The van der Waals surface area contributed by atoms with E-state index in [0.29, 0.717) is 16.3 Å². The zero-order valence-corrected chi connectivity index (χ0v) is 18.3. The van der Waals surface area contributed by atoms with Gasteiger partial charge in [0.1, 0.15) is 0 Å². The minimum Gasteiger partial charge on any atom is -0.456 e. The number of rotatable bonds is 8. The molecule has 0 heterocycles. The molecule has 3 aromatic rings. The summed E-state index contributed by atoms with van der Waals surface area (Å²) in [6.45, 7) is 1.12. The Morgan fingerprint density at radius 1 is 1.00 bits per heavy atom. The Kier molecular flexibility index (Phi) is 7.27. The maximum atomic E-state index is 12.4. The molecule has 162 valence electrons. The molecule has 1 amide bonds. The standard InChI is InChI=1S/C22H21ClN2O5S/c1-15-19(23)7-4-8-20(15)25-21(26)14-30-22(27)11-12-24-31(28,29)18-10-9-16-5-2-3-6-17(16)13-18/h2-10,13,24H,11-12,14H2,1H3,(H,25,26). The van der Waals surface area contributed by atoms with Gasteiger partial charge in [0, 0.05) is 17.3 Å². The Bertz CT molecular complexity index is 1230. The van der Waals surface area contributed by atoms with Crippen LogP contribution in [0.25, 0.3) is 10.8 Å². The summed E-state index contributed by atoms with van der Waals surface area (Å²) >= 11 is 6.00. The van der Waals surface area contributed by atoms with Crippen LogP contribution in [0.1, 0.15) is 12.0 Å². The third kappa shape index (κ3) is 6.04. The lowest BCUT2D eigenvalue weighted by atomic mass is 10.1. The number of nitrogens with one attached hydrogen (secondary N) is 2. The van der Waals surface area contributed by atoms with Crippen molar-refractivity contribution in [3.63, 3.8) is 0 Å². The van der Waals surface area contributed by atoms with Crippen LogP contribution in [0.4, 0.5) is 5.69 Å². The molecule has 0 radical (unpaired) electrons. The first-order valence-electron chi connectivity index (χ1n) is 9.45. The van der Waals surface area contributed by atoms with Crippen LogP contribution in [-0.2, 0) is 24.3 Å². The van der Waals surface area contributed by atoms with Crippen molar-refractivity contribution in [1.29, 1.82) is 0 Å². The fraction of sp³-hybridized carbons (Fsp3) is 0.182. The van der Waals surface area contributed by atoms with Crippen molar-refractivity contribution < 1.29 is 22.7 Å². The fourth-order valence-corrected chi connectivity index (χ4v) is 4.09. The van der Waals surface area contributed by atoms with Gasteiger partial charge in [-0.1, -0.05) is 48.0 Å². The molecule has 7 nitrogen and oxygen atoms in total. The number of benzene rings is 3. The second kappa shape index (κ2) is 9.91. The quantitative estimate of drug-likeness (QED) is 0.499. The van der Waals surface area contributed by atoms with Gasteiger partial charge in [-0.3, -0.25) is 9.59 Å². The molecular formula is C22H21ClN2O5S. The van der Waals surface area contributed by atoms with Crippen LogP contribution in [0.5, 0.6) is 0 Å². The summed E-state index contributed by atoms with van der Waals surface area (Å²) in [6, 6.07) is 17.3. The highest BCUT2D eigenvalue weighted by Crippen LogP contribution is 2.23. The van der Waals surface area contributed by atoms with Crippen molar-refractivity contribution in [3.8, 4) is 0 Å². The summed E-state index contributed by atoms with van der Waals surface area (Å²) in [5.74, 6) is -1.21. The minimum absolute atomic E-state index is 0.107. The first-order valence-corrected chi connectivity index (χ1v) is 11.3. The van der Waals surface area contributed by atoms with Crippen molar-refractivity contribution in [2.45, 2.75) is 18.2 Å². The molecule has 0 unspecified atom stereocenters. The Hall–Kier alpha value is -2.94. The molecule has 3 rings (SSSR count). The number of hydrogen-bond acceptors (Lipinski definition) is 5. The van der Waals surface area contributed by atoms with Gasteiger partial charge in [0.2, 0.25) is 10.0 Å². The van der Waals surface area contributed by atoms with Gasteiger partial charge in [-0.05, 0) is 47.5 Å². The predicted octanol–water partition coefficient (Wildman–Crippen LogP) is 3.65. The van der Waals surface area contributed by atoms with E-state index in [2.05, 4.69) is 10.0 Å². The SMILES string of the molecule is Cc1c(Cl)cccc1NC(=O)COC(=O)CCNS(=O)(=O)c1ccc2ccccc2c1. The monoisotopic (exact) mass is 460 g/mol. The van der Waals surface area contributed by atoms with E-state index in [0.717, 1.165) is 10.8 Å². The first-order chi connectivity index (χ1) is 14.8. The largest absolute Gasteiger partial charge is 0.456 e. The molecule has 9 heteroatoms. The molecule has 0 bridgehead atoms. The number of ether oxygens (including phenoxy) is 1. The highest BCUT2D eigenvalue weighted by molar-refractivity contribution is 7.89. The molecule has 0 aliphatic carbocycles. The highest BCUT2D eigenvalue weighted by Gasteiger charge is 2.16. The van der Waals surface area contributed by atoms with Gasteiger partial charge >= 0.3 is 5.97 Å². The van der Waals surface area contributed by atoms with Crippen molar-refractivity contribution in [2.24, 2.45) is 0 Å². The number of halogens is 1. The number of carbonyl (C=O) groups is 2. The number of sulfonamides is 1. The summed E-state index contributed by atoms with van der Waals surface area (Å²) in [6.07, 6.45) is -0.212. The van der Waals surface area contributed by atoms with E-state index in [1.165, 1.54) is 6.07 Å². The van der Waals surface area contributed by atoms with Crippen LogP contribution in [0.2, 0.25) is 5.02 Å². The van der Waals surface area contributed by atoms with Crippen molar-refractivity contribution in [3.05, 3.63) is 71.2 Å². The second-order valence-corrected chi connectivity index (χ2v) is 8.95. The smallest absolute Gasteiger partial charge is 0.307 e. The summed E-state index contributed by atoms with van der Waals surface area (Å²) in [5.41, 5.74) is 1.23. The van der Waals surface area contributed by atoms with Gasteiger partial charge in [-0.2, -0.15) is 0 Å². The van der Waals surface area contributed by atoms with E-state index < -0.39 is 28.5 Å². The number of amides is 1. The Balaban J connectivity index is 1.46. The van der Waals surface area contributed by atoms with Gasteiger partial charge in [0.25, 0.3) is 5.91 Å². The maximum Gasteiger partial charge on any atom is 0.307 e. The molecule has 0 aliphatic rings. The third-order valence-corrected chi connectivity index (χ3v) is 6.43. The van der Waals surface area contributed by atoms with Crippen LogP contribution in [-0.4, -0.2) is 33.4 Å². The number of hydrogen-bond donors (Lipinski definition) is 2. The lowest BCUT2D eigenvalue weighted by molar-refractivity contribution is -0.147. The summed E-state index contributed by atoms with van der Waals surface area (Å²) in [5, 5.41) is 4.84. The number of anilines is 1. The first kappa shape index (κ1) is 22.7. The van der Waals surface area contributed by atoms with Crippen molar-refractivity contribution >= 4 is 50.0 Å². The molecule has 0 spiro atoms. The van der Waals surface area contributed by atoms with Crippen LogP contribution in [0.3, 0.4) is 0 Å². The molecule has 0 saturated carbocycles. The Labute approximate surface area is 185 Å². The Morgan fingerprint density at radius 3 is 2.52 bits per heavy atom. The number of esters is 1. The van der Waals surface area contributed by atoms with Crippen LogP contribution in [0, 0.1) is 6.92 Å². The number of carbonyl (C=O) groups excluding carboxylic acids is 2. The van der Waals surface area contributed by atoms with E-state index in [1.807, 2.05) is 24.3 Å². The highest BCUT2D eigenvalue weighted by atomic mass is 35.5. The molecule has 3 aromatic carbocycles. The van der Waals surface area contributed by atoms with Gasteiger partial charge in [-0.15, -0.1) is 0 Å². The average Bonchev–Trinajstić information content (AvgIpc) is 2.75. The average molecular weight is 461 g/mol. The lowest BCUT2D eigenvalue weighted by Gasteiger charge is -2.10. The predicted molar refractivity (Wildman–Crippen MR) is 120 cm³/mol. The van der Waals surface area contributed by atoms with E-state index in [9.17, 15) is 18.0 Å². The lowest BCUT2D eigenvalue weighted by Crippen LogP contribution is -2.28. The van der Waals surface area contributed by atoms with E-state index in [1.54, 1.807) is 37.3 Å². The van der Waals surface area contributed by atoms with Gasteiger partial charge in [0.05, 0.1) is 11.3 Å². The maximum absolute atomic E-state index is 12.4. The molecular weight excluding hydrogens is 440 g/mol. The fourth-order valence-electron chi connectivity index (χ4n) is 2.85. The zero-order chi connectivity index (χ0) is 22.4. The second-order valence-electron chi connectivity index (χ2n) is 6.78. The molecule has 0 atom stereocenters.